The number of hydrogen-bond donors (Lipinski definition) is 0. The van der Waals surface area contributed by atoms with Gasteiger partial charge in [0.1, 0.15) is 16.8 Å². The minimum atomic E-state index is 0.582. The van der Waals surface area contributed by atoms with E-state index in [0.717, 1.165) is 32.0 Å². The summed E-state index contributed by atoms with van der Waals surface area (Å²) in [5.74, 6) is 1.44. The van der Waals surface area contributed by atoms with Crippen LogP contribution in [0.2, 0.25) is 0 Å². The van der Waals surface area contributed by atoms with Gasteiger partial charge in [0, 0.05) is 16.0 Å². The summed E-state index contributed by atoms with van der Waals surface area (Å²) in [6, 6.07) is 7.98. The molecule has 22 heavy (non-hydrogen) atoms. The first-order valence-corrected chi connectivity index (χ1v) is 7.77. The molecule has 0 bridgehead atoms. The molecule has 4 nitrogen and oxygen atoms in total. The first-order chi connectivity index (χ1) is 10.8. The summed E-state index contributed by atoms with van der Waals surface area (Å²) in [5.41, 5.74) is 2.87. The van der Waals surface area contributed by atoms with Crippen molar-refractivity contribution in [2.45, 2.75) is 6.92 Å². The molecule has 0 radical (unpaired) electrons. The monoisotopic (exact) mass is 312 g/mol. The van der Waals surface area contributed by atoms with Gasteiger partial charge in [0.15, 0.2) is 0 Å². The smallest absolute Gasteiger partial charge is 0.234 e. The second kappa shape index (κ2) is 6.15. The molecule has 2 aromatic heterocycles. The van der Waals surface area contributed by atoms with Gasteiger partial charge < -0.3 is 9.47 Å². The van der Waals surface area contributed by atoms with Gasteiger partial charge in [0.2, 0.25) is 5.88 Å². The zero-order chi connectivity index (χ0) is 15.5. The Kier molecular flexibility index (Phi) is 4.06. The molecular weight excluding hydrogens is 296 g/mol. The van der Waals surface area contributed by atoms with E-state index in [9.17, 15) is 0 Å². The third kappa shape index (κ3) is 2.33. The molecule has 0 saturated carbocycles. The molecule has 0 unspecified atom stereocenters. The third-order valence-corrected chi connectivity index (χ3v) is 4.52. The average molecular weight is 312 g/mol. The number of para-hydroxylation sites is 1. The maximum atomic E-state index is 5.75. The maximum Gasteiger partial charge on any atom is 0.234 e. The van der Waals surface area contributed by atoms with Gasteiger partial charge in [-0.05, 0) is 19.1 Å². The lowest BCUT2D eigenvalue weighted by Gasteiger charge is -2.09. The van der Waals surface area contributed by atoms with Gasteiger partial charge in [-0.25, -0.2) is 9.97 Å². The van der Waals surface area contributed by atoms with E-state index in [1.165, 1.54) is 6.33 Å². The molecule has 0 amide bonds. The minimum Gasteiger partial charge on any atom is -0.493 e. The summed E-state index contributed by atoms with van der Waals surface area (Å²) in [6.07, 6.45) is 3.34. The van der Waals surface area contributed by atoms with E-state index in [-0.39, 0.29) is 0 Å². The van der Waals surface area contributed by atoms with E-state index in [1.807, 2.05) is 37.3 Å². The van der Waals surface area contributed by atoms with Crippen molar-refractivity contribution in [3.05, 3.63) is 42.7 Å². The number of thiophene rings is 1. The number of fused-ring (bicyclic) bond motifs is 1. The van der Waals surface area contributed by atoms with Gasteiger partial charge in [-0.15, -0.1) is 11.3 Å². The summed E-state index contributed by atoms with van der Waals surface area (Å²) in [4.78, 5) is 9.63. The highest BCUT2D eigenvalue weighted by Gasteiger charge is 2.18. The normalized spacial score (nSPS) is 10.6. The Hall–Kier alpha value is -2.40. The number of aromatic nitrogens is 2. The summed E-state index contributed by atoms with van der Waals surface area (Å²) in [7, 11) is 1.61. The Labute approximate surface area is 133 Å². The first-order valence-electron chi connectivity index (χ1n) is 6.96. The molecule has 0 aliphatic heterocycles. The van der Waals surface area contributed by atoms with Crippen molar-refractivity contribution in [3.63, 3.8) is 0 Å². The highest BCUT2D eigenvalue weighted by molar-refractivity contribution is 7.23. The van der Waals surface area contributed by atoms with Crippen LogP contribution < -0.4 is 9.47 Å². The fourth-order valence-electron chi connectivity index (χ4n) is 2.38. The Morgan fingerprint density at radius 3 is 2.82 bits per heavy atom. The third-order valence-electron chi connectivity index (χ3n) is 3.30. The van der Waals surface area contributed by atoms with Crippen LogP contribution in [0, 0.1) is 0 Å². The van der Waals surface area contributed by atoms with Crippen molar-refractivity contribution in [2.24, 2.45) is 0 Å². The van der Waals surface area contributed by atoms with E-state index in [4.69, 9.17) is 9.47 Å². The number of rotatable bonds is 5. The van der Waals surface area contributed by atoms with Crippen molar-refractivity contribution in [2.75, 3.05) is 13.7 Å². The summed E-state index contributed by atoms with van der Waals surface area (Å²) >= 11 is 1.59. The zero-order valence-corrected chi connectivity index (χ0v) is 13.3. The van der Waals surface area contributed by atoms with Crippen LogP contribution in [0.1, 0.15) is 12.5 Å². The molecular formula is C17H16N2O2S. The van der Waals surface area contributed by atoms with Crippen LogP contribution in [-0.2, 0) is 0 Å². The molecule has 1 aromatic carbocycles. The van der Waals surface area contributed by atoms with E-state index < -0.39 is 0 Å². The Balaban J connectivity index is 2.30. The SMILES string of the molecule is C=Cc1c(-c2ccccc2OCC)sc2c(OC)ncnc12. The van der Waals surface area contributed by atoms with Crippen molar-refractivity contribution in [1.82, 2.24) is 9.97 Å². The van der Waals surface area contributed by atoms with E-state index in [2.05, 4.69) is 16.5 Å². The van der Waals surface area contributed by atoms with Gasteiger partial charge in [-0.2, -0.15) is 0 Å². The predicted octanol–water partition coefficient (Wildman–Crippen LogP) is 4.41. The van der Waals surface area contributed by atoms with Crippen LogP contribution in [0.5, 0.6) is 11.6 Å². The molecule has 0 spiro atoms. The topological polar surface area (TPSA) is 44.2 Å². The molecule has 0 saturated heterocycles. The number of nitrogens with zero attached hydrogens (tertiary/aromatic N) is 2. The number of benzene rings is 1. The van der Waals surface area contributed by atoms with Crippen LogP contribution in [0.3, 0.4) is 0 Å². The van der Waals surface area contributed by atoms with Crippen LogP contribution >= 0.6 is 11.3 Å². The standard InChI is InChI=1S/C17H16N2O2S/c1-4-11-14-16(17(20-3)19-10-18-14)22-15(11)12-8-6-7-9-13(12)21-5-2/h4,6-10H,1,5H2,2-3H3. The van der Waals surface area contributed by atoms with Crippen LogP contribution in [-0.4, -0.2) is 23.7 Å². The number of ether oxygens (including phenoxy) is 2. The van der Waals surface area contributed by atoms with Gasteiger partial charge in [0.05, 0.1) is 19.2 Å². The van der Waals surface area contributed by atoms with Crippen molar-refractivity contribution < 1.29 is 9.47 Å². The zero-order valence-electron chi connectivity index (χ0n) is 12.5. The summed E-state index contributed by atoms with van der Waals surface area (Å²) in [5, 5.41) is 0. The summed E-state index contributed by atoms with van der Waals surface area (Å²) < 4.78 is 12.0. The Bertz CT molecular complexity index is 827. The van der Waals surface area contributed by atoms with E-state index >= 15 is 0 Å². The Morgan fingerprint density at radius 2 is 2.09 bits per heavy atom. The quantitative estimate of drug-likeness (QED) is 0.700. The summed E-state index contributed by atoms with van der Waals surface area (Å²) in [6.45, 7) is 6.53. The van der Waals surface area contributed by atoms with E-state index in [0.29, 0.717) is 12.5 Å². The molecule has 0 N–H and O–H groups in total. The molecule has 3 rings (SSSR count). The van der Waals surface area contributed by atoms with Crippen LogP contribution in [0.4, 0.5) is 0 Å². The van der Waals surface area contributed by atoms with Gasteiger partial charge >= 0.3 is 0 Å². The lowest BCUT2D eigenvalue weighted by atomic mass is 10.1. The molecule has 0 fully saturated rings. The largest absolute Gasteiger partial charge is 0.493 e. The van der Waals surface area contributed by atoms with Crippen molar-refractivity contribution in [1.29, 1.82) is 0 Å². The highest BCUT2D eigenvalue weighted by atomic mass is 32.1. The Morgan fingerprint density at radius 1 is 1.27 bits per heavy atom. The van der Waals surface area contributed by atoms with Gasteiger partial charge in [-0.3, -0.25) is 0 Å². The van der Waals surface area contributed by atoms with Crippen molar-refractivity contribution in [3.8, 4) is 22.1 Å². The van der Waals surface area contributed by atoms with Crippen LogP contribution in [0.15, 0.2) is 37.2 Å². The number of hydrogen-bond acceptors (Lipinski definition) is 5. The lowest BCUT2D eigenvalue weighted by molar-refractivity contribution is 0.341. The molecule has 0 atom stereocenters. The lowest BCUT2D eigenvalue weighted by Crippen LogP contribution is -1.93. The molecule has 0 aliphatic carbocycles. The highest BCUT2D eigenvalue weighted by Crippen LogP contribution is 2.44. The fourth-order valence-corrected chi connectivity index (χ4v) is 3.63. The maximum absolute atomic E-state index is 5.75. The van der Waals surface area contributed by atoms with Crippen LogP contribution in [0.25, 0.3) is 26.7 Å². The van der Waals surface area contributed by atoms with E-state index in [1.54, 1.807) is 18.4 Å². The van der Waals surface area contributed by atoms with Crippen molar-refractivity contribution >= 4 is 27.6 Å². The fraction of sp³-hybridized carbons (Fsp3) is 0.176. The predicted molar refractivity (Wildman–Crippen MR) is 90.7 cm³/mol. The van der Waals surface area contributed by atoms with Gasteiger partial charge in [0.25, 0.3) is 0 Å². The first kappa shape index (κ1) is 14.5. The van der Waals surface area contributed by atoms with Gasteiger partial charge in [-0.1, -0.05) is 24.8 Å². The molecule has 5 heteroatoms. The molecule has 3 aromatic rings. The molecule has 112 valence electrons. The average Bonchev–Trinajstić information content (AvgIpc) is 2.94. The second-order valence-electron chi connectivity index (χ2n) is 4.54. The molecule has 2 heterocycles. The minimum absolute atomic E-state index is 0.582. The number of methoxy groups -OCH3 is 1. The second-order valence-corrected chi connectivity index (χ2v) is 5.56. The molecule has 0 aliphatic rings.